The fraction of sp³-hybridized carbons (Fsp3) is 0.750. The Kier molecular flexibility index (Phi) is 3.77. The molecular formula is C12H23N3. The van der Waals surface area contributed by atoms with Crippen molar-refractivity contribution in [2.45, 2.75) is 47.0 Å². The van der Waals surface area contributed by atoms with Gasteiger partial charge in [-0.05, 0) is 25.2 Å². The Balaban J connectivity index is 2.94. The first-order valence-electron chi connectivity index (χ1n) is 5.73. The van der Waals surface area contributed by atoms with Gasteiger partial charge >= 0.3 is 0 Å². The average molecular weight is 209 g/mol. The molecule has 0 radical (unpaired) electrons. The van der Waals surface area contributed by atoms with Crippen molar-refractivity contribution in [3.05, 3.63) is 11.3 Å². The van der Waals surface area contributed by atoms with E-state index in [2.05, 4.69) is 37.9 Å². The number of H-pyrrole nitrogens is 1. The number of hydrogen-bond donors (Lipinski definition) is 2. The lowest BCUT2D eigenvalue weighted by molar-refractivity contribution is 0.399. The van der Waals surface area contributed by atoms with E-state index in [0.717, 1.165) is 5.56 Å². The Morgan fingerprint density at radius 3 is 2.20 bits per heavy atom. The Bertz CT molecular complexity index is 313. The topological polar surface area (TPSA) is 54.7 Å². The van der Waals surface area contributed by atoms with Gasteiger partial charge in [0.25, 0.3) is 0 Å². The van der Waals surface area contributed by atoms with Crippen LogP contribution in [0, 0.1) is 18.8 Å². The van der Waals surface area contributed by atoms with Gasteiger partial charge in [0.2, 0.25) is 0 Å². The molecule has 1 aromatic heterocycles. The summed E-state index contributed by atoms with van der Waals surface area (Å²) in [5, 5.41) is 7.17. The molecule has 3 heteroatoms. The molecule has 1 atom stereocenters. The van der Waals surface area contributed by atoms with Crippen molar-refractivity contribution in [1.82, 2.24) is 10.2 Å². The zero-order valence-electron chi connectivity index (χ0n) is 10.5. The zero-order chi connectivity index (χ0) is 11.6. The van der Waals surface area contributed by atoms with Crippen LogP contribution in [0.1, 0.15) is 51.3 Å². The normalized spacial score (nSPS) is 13.8. The summed E-state index contributed by atoms with van der Waals surface area (Å²) in [6.45, 7) is 11.1. The highest BCUT2D eigenvalue weighted by atomic mass is 15.2. The minimum absolute atomic E-state index is 0.537. The predicted octanol–water partition coefficient (Wildman–Crippen LogP) is 3.09. The van der Waals surface area contributed by atoms with Crippen molar-refractivity contribution in [2.24, 2.45) is 11.8 Å². The average Bonchev–Trinajstić information content (AvgIpc) is 2.44. The predicted molar refractivity (Wildman–Crippen MR) is 64.8 cm³/mol. The van der Waals surface area contributed by atoms with Crippen molar-refractivity contribution < 1.29 is 0 Å². The van der Waals surface area contributed by atoms with Crippen LogP contribution in [0.4, 0.5) is 5.82 Å². The molecule has 0 saturated carbocycles. The standard InChI is InChI=1S/C12H23N3/c1-7(2)6-10(8(3)4)11-9(5)12(13)15-14-11/h7-8,10H,6H2,1-5H3,(H3,13,14,15). The lowest BCUT2D eigenvalue weighted by Gasteiger charge is -2.22. The third-order valence-corrected chi connectivity index (χ3v) is 2.99. The molecule has 1 heterocycles. The van der Waals surface area contributed by atoms with Gasteiger partial charge in [-0.1, -0.05) is 27.7 Å². The van der Waals surface area contributed by atoms with E-state index in [-0.39, 0.29) is 0 Å². The third-order valence-electron chi connectivity index (χ3n) is 2.99. The molecule has 3 N–H and O–H groups in total. The van der Waals surface area contributed by atoms with Crippen molar-refractivity contribution in [2.75, 3.05) is 5.73 Å². The third kappa shape index (κ3) is 2.74. The molecule has 0 aromatic carbocycles. The summed E-state index contributed by atoms with van der Waals surface area (Å²) in [6, 6.07) is 0. The molecule has 0 amide bonds. The molecule has 0 spiro atoms. The molecule has 1 aromatic rings. The molecule has 0 saturated heterocycles. The number of nitrogen functional groups attached to an aromatic ring is 1. The lowest BCUT2D eigenvalue weighted by atomic mass is 9.84. The monoisotopic (exact) mass is 209 g/mol. The first-order valence-corrected chi connectivity index (χ1v) is 5.73. The number of rotatable bonds is 4. The van der Waals surface area contributed by atoms with Gasteiger partial charge in [0, 0.05) is 17.2 Å². The summed E-state index contributed by atoms with van der Waals surface area (Å²) in [4.78, 5) is 0. The second-order valence-corrected chi connectivity index (χ2v) is 5.13. The molecule has 0 aliphatic heterocycles. The van der Waals surface area contributed by atoms with Crippen LogP contribution < -0.4 is 5.73 Å². The summed E-state index contributed by atoms with van der Waals surface area (Å²) < 4.78 is 0. The van der Waals surface area contributed by atoms with E-state index in [9.17, 15) is 0 Å². The molecule has 1 unspecified atom stereocenters. The van der Waals surface area contributed by atoms with E-state index in [4.69, 9.17) is 5.73 Å². The molecule has 0 bridgehead atoms. The smallest absolute Gasteiger partial charge is 0.148 e. The Hall–Kier alpha value is -0.990. The highest BCUT2D eigenvalue weighted by Crippen LogP contribution is 2.32. The maximum absolute atomic E-state index is 5.77. The van der Waals surface area contributed by atoms with E-state index in [1.807, 2.05) is 6.92 Å². The van der Waals surface area contributed by atoms with E-state index < -0.39 is 0 Å². The van der Waals surface area contributed by atoms with Crippen LogP contribution in [0.3, 0.4) is 0 Å². The molecule has 15 heavy (non-hydrogen) atoms. The van der Waals surface area contributed by atoms with Crippen LogP contribution >= 0.6 is 0 Å². The molecule has 3 nitrogen and oxygen atoms in total. The lowest BCUT2D eigenvalue weighted by Crippen LogP contribution is -2.11. The van der Waals surface area contributed by atoms with Gasteiger partial charge in [-0.15, -0.1) is 0 Å². The minimum Gasteiger partial charge on any atom is -0.382 e. The first-order chi connectivity index (χ1) is 6.93. The van der Waals surface area contributed by atoms with Crippen LogP contribution in [0.2, 0.25) is 0 Å². The second-order valence-electron chi connectivity index (χ2n) is 5.13. The van der Waals surface area contributed by atoms with Gasteiger partial charge < -0.3 is 5.73 Å². The van der Waals surface area contributed by atoms with E-state index in [1.54, 1.807) is 0 Å². The maximum Gasteiger partial charge on any atom is 0.148 e. The summed E-state index contributed by atoms with van der Waals surface area (Å²) in [7, 11) is 0. The summed E-state index contributed by atoms with van der Waals surface area (Å²) in [6.07, 6.45) is 1.18. The van der Waals surface area contributed by atoms with E-state index in [0.29, 0.717) is 23.6 Å². The number of anilines is 1. The number of aromatic nitrogens is 2. The van der Waals surface area contributed by atoms with Crippen molar-refractivity contribution in [3.8, 4) is 0 Å². The molecule has 1 rings (SSSR count). The number of hydrogen-bond acceptors (Lipinski definition) is 2. The second kappa shape index (κ2) is 4.69. The summed E-state index contributed by atoms with van der Waals surface area (Å²) in [5.74, 6) is 2.49. The highest BCUT2D eigenvalue weighted by molar-refractivity contribution is 5.42. The Morgan fingerprint density at radius 2 is 1.87 bits per heavy atom. The molecule has 0 aliphatic rings. The number of nitrogens with two attached hydrogens (primary N) is 1. The summed E-state index contributed by atoms with van der Waals surface area (Å²) in [5.41, 5.74) is 8.11. The van der Waals surface area contributed by atoms with Gasteiger partial charge in [0.05, 0.1) is 0 Å². The van der Waals surface area contributed by atoms with Crippen molar-refractivity contribution >= 4 is 5.82 Å². The fourth-order valence-electron chi connectivity index (χ4n) is 2.02. The number of nitrogens with one attached hydrogen (secondary N) is 1. The summed E-state index contributed by atoms with van der Waals surface area (Å²) >= 11 is 0. The molecule has 0 aliphatic carbocycles. The van der Waals surface area contributed by atoms with Gasteiger partial charge in [-0.2, -0.15) is 5.10 Å². The molecule has 86 valence electrons. The van der Waals surface area contributed by atoms with Crippen LogP contribution in [-0.2, 0) is 0 Å². The molecule has 0 fully saturated rings. The van der Waals surface area contributed by atoms with E-state index in [1.165, 1.54) is 12.1 Å². The SMILES string of the molecule is Cc1c(N)n[nH]c1C(CC(C)C)C(C)C. The quantitative estimate of drug-likeness (QED) is 0.800. The fourth-order valence-corrected chi connectivity index (χ4v) is 2.02. The zero-order valence-corrected chi connectivity index (χ0v) is 10.5. The van der Waals surface area contributed by atoms with Gasteiger partial charge in [-0.3, -0.25) is 5.10 Å². The van der Waals surface area contributed by atoms with Crippen LogP contribution in [0.5, 0.6) is 0 Å². The van der Waals surface area contributed by atoms with Crippen molar-refractivity contribution in [1.29, 1.82) is 0 Å². The Morgan fingerprint density at radius 1 is 1.27 bits per heavy atom. The first kappa shape index (κ1) is 12.1. The number of aromatic amines is 1. The van der Waals surface area contributed by atoms with Gasteiger partial charge in [-0.25, -0.2) is 0 Å². The molecular weight excluding hydrogens is 186 g/mol. The Labute approximate surface area is 92.5 Å². The largest absolute Gasteiger partial charge is 0.382 e. The van der Waals surface area contributed by atoms with Crippen molar-refractivity contribution in [3.63, 3.8) is 0 Å². The van der Waals surface area contributed by atoms with Gasteiger partial charge in [0.1, 0.15) is 5.82 Å². The van der Waals surface area contributed by atoms with Gasteiger partial charge in [0.15, 0.2) is 0 Å². The van der Waals surface area contributed by atoms with Crippen LogP contribution in [-0.4, -0.2) is 10.2 Å². The van der Waals surface area contributed by atoms with Crippen LogP contribution in [0.25, 0.3) is 0 Å². The van der Waals surface area contributed by atoms with E-state index >= 15 is 0 Å². The van der Waals surface area contributed by atoms with Crippen LogP contribution in [0.15, 0.2) is 0 Å². The minimum atomic E-state index is 0.537. The number of nitrogens with zero attached hydrogens (tertiary/aromatic N) is 1. The highest BCUT2D eigenvalue weighted by Gasteiger charge is 2.21. The maximum atomic E-state index is 5.77.